The van der Waals surface area contributed by atoms with Gasteiger partial charge in [-0.1, -0.05) is 37.3 Å². The van der Waals surface area contributed by atoms with E-state index in [2.05, 4.69) is 17.0 Å². The van der Waals surface area contributed by atoms with E-state index in [4.69, 9.17) is 15.2 Å². The molecule has 0 amide bonds. The van der Waals surface area contributed by atoms with Gasteiger partial charge in [-0.2, -0.15) is 5.10 Å². The highest BCUT2D eigenvalue weighted by Gasteiger charge is 2.35. The summed E-state index contributed by atoms with van der Waals surface area (Å²) in [7, 11) is 0. The molecule has 3 aromatic rings. The molecule has 1 aromatic carbocycles. The van der Waals surface area contributed by atoms with Crippen molar-refractivity contribution in [2.75, 3.05) is 12.3 Å². The van der Waals surface area contributed by atoms with E-state index in [1.807, 2.05) is 42.5 Å². The molecule has 0 bridgehead atoms. The van der Waals surface area contributed by atoms with Crippen molar-refractivity contribution >= 4 is 17.3 Å². The summed E-state index contributed by atoms with van der Waals surface area (Å²) < 4.78 is 13.4. The minimum absolute atomic E-state index is 0.125. The number of nitrogen functional groups attached to an aromatic ring is 1. The SMILES string of the molecule is C[C@@H]1CC(COC(=O)Cc2ccccc2)OC1c1ccc2c(N)ncnn12. The zero-order chi connectivity index (χ0) is 18.8. The highest BCUT2D eigenvalue weighted by Crippen LogP contribution is 2.38. The van der Waals surface area contributed by atoms with E-state index in [1.54, 1.807) is 4.52 Å². The number of nitrogens with two attached hydrogens (primary N) is 1. The lowest BCUT2D eigenvalue weighted by Gasteiger charge is -2.15. The van der Waals surface area contributed by atoms with Crippen LogP contribution in [0.2, 0.25) is 0 Å². The second-order valence-electron chi connectivity index (χ2n) is 6.94. The third-order valence-corrected chi connectivity index (χ3v) is 4.91. The van der Waals surface area contributed by atoms with Crippen LogP contribution in [0.1, 0.15) is 30.7 Å². The van der Waals surface area contributed by atoms with Crippen LogP contribution in [0.3, 0.4) is 0 Å². The molecule has 1 fully saturated rings. The van der Waals surface area contributed by atoms with Crippen LogP contribution in [-0.2, 0) is 20.7 Å². The number of anilines is 1. The Morgan fingerprint density at radius 3 is 2.93 bits per heavy atom. The summed E-state index contributed by atoms with van der Waals surface area (Å²) in [5.74, 6) is 0.472. The average Bonchev–Trinajstić information content (AvgIpc) is 3.25. The Morgan fingerprint density at radius 1 is 1.30 bits per heavy atom. The molecule has 2 N–H and O–H groups in total. The Hall–Kier alpha value is -2.93. The monoisotopic (exact) mass is 366 g/mol. The van der Waals surface area contributed by atoms with Gasteiger partial charge in [0.2, 0.25) is 0 Å². The van der Waals surface area contributed by atoms with Crippen molar-refractivity contribution in [3.63, 3.8) is 0 Å². The lowest BCUT2D eigenvalue weighted by Crippen LogP contribution is -2.19. The van der Waals surface area contributed by atoms with Crippen LogP contribution >= 0.6 is 0 Å². The van der Waals surface area contributed by atoms with Gasteiger partial charge in [-0.25, -0.2) is 9.50 Å². The second kappa shape index (κ2) is 7.36. The van der Waals surface area contributed by atoms with Gasteiger partial charge in [0.05, 0.1) is 18.2 Å². The molecule has 1 aliphatic heterocycles. The number of ether oxygens (including phenoxy) is 2. The maximum atomic E-state index is 12.1. The van der Waals surface area contributed by atoms with Crippen molar-refractivity contribution in [2.24, 2.45) is 5.92 Å². The van der Waals surface area contributed by atoms with Gasteiger partial charge < -0.3 is 15.2 Å². The first-order valence-electron chi connectivity index (χ1n) is 9.05. The Labute approximate surface area is 157 Å². The van der Waals surface area contributed by atoms with Gasteiger partial charge in [-0.05, 0) is 30.0 Å². The number of hydrogen-bond acceptors (Lipinski definition) is 6. The Kier molecular flexibility index (Phi) is 4.77. The number of carbonyl (C=O) groups is 1. The van der Waals surface area contributed by atoms with Gasteiger partial charge in [0.1, 0.15) is 24.6 Å². The van der Waals surface area contributed by atoms with Gasteiger partial charge in [-0.15, -0.1) is 0 Å². The van der Waals surface area contributed by atoms with E-state index in [0.29, 0.717) is 5.82 Å². The van der Waals surface area contributed by atoms with Gasteiger partial charge in [0.25, 0.3) is 0 Å². The molecule has 7 nitrogen and oxygen atoms in total. The Bertz CT molecular complexity index is 941. The number of carbonyl (C=O) groups excluding carboxylic acids is 1. The molecule has 0 saturated carbocycles. The summed E-state index contributed by atoms with van der Waals surface area (Å²) in [4.78, 5) is 16.1. The Morgan fingerprint density at radius 2 is 2.11 bits per heavy atom. The van der Waals surface area contributed by atoms with Crippen LogP contribution < -0.4 is 5.73 Å². The zero-order valence-corrected chi connectivity index (χ0v) is 15.1. The standard InChI is InChI=1S/C20H22N4O3/c1-13-9-15(11-26-18(25)10-14-5-3-2-4-6-14)27-19(13)16-7-8-17-20(21)22-12-23-24(16)17/h2-8,12-13,15,19H,9-11H2,1H3,(H2,21,22,23)/t13-,15?,19?/m1/s1. The molecule has 1 saturated heterocycles. The molecule has 2 aromatic heterocycles. The average molecular weight is 366 g/mol. The molecule has 4 rings (SSSR count). The number of hydrogen-bond donors (Lipinski definition) is 1. The predicted octanol–water partition coefficient (Wildman–Crippen LogP) is 2.56. The molecule has 0 aliphatic carbocycles. The summed E-state index contributed by atoms with van der Waals surface area (Å²) in [6, 6.07) is 13.4. The van der Waals surface area contributed by atoms with E-state index < -0.39 is 0 Å². The molecule has 3 heterocycles. The van der Waals surface area contributed by atoms with Crippen molar-refractivity contribution in [3.05, 3.63) is 60.0 Å². The van der Waals surface area contributed by atoms with Crippen molar-refractivity contribution in [1.29, 1.82) is 0 Å². The third-order valence-electron chi connectivity index (χ3n) is 4.91. The minimum Gasteiger partial charge on any atom is -0.463 e. The topological polar surface area (TPSA) is 91.7 Å². The van der Waals surface area contributed by atoms with Gasteiger partial charge in [0, 0.05) is 0 Å². The maximum absolute atomic E-state index is 12.1. The lowest BCUT2D eigenvalue weighted by atomic mass is 10.00. The van der Waals surface area contributed by atoms with E-state index in [0.717, 1.165) is 23.2 Å². The van der Waals surface area contributed by atoms with E-state index in [9.17, 15) is 4.79 Å². The third kappa shape index (κ3) is 3.64. The molecule has 140 valence electrons. The predicted molar refractivity (Wildman–Crippen MR) is 99.9 cm³/mol. The molecule has 2 unspecified atom stereocenters. The highest BCUT2D eigenvalue weighted by molar-refractivity contribution is 5.72. The quantitative estimate of drug-likeness (QED) is 0.698. The van der Waals surface area contributed by atoms with Crippen LogP contribution in [0.15, 0.2) is 48.8 Å². The van der Waals surface area contributed by atoms with E-state index >= 15 is 0 Å². The first-order valence-corrected chi connectivity index (χ1v) is 9.05. The molecule has 7 heteroatoms. The molecule has 1 aliphatic rings. The fourth-order valence-electron chi connectivity index (χ4n) is 3.59. The number of nitrogens with zero attached hydrogens (tertiary/aromatic N) is 3. The number of benzene rings is 1. The number of rotatable bonds is 5. The molecular weight excluding hydrogens is 344 g/mol. The first-order chi connectivity index (χ1) is 13.1. The van der Waals surface area contributed by atoms with Gasteiger partial charge in [-0.3, -0.25) is 4.79 Å². The fraction of sp³-hybridized carbons (Fsp3) is 0.350. The summed E-state index contributed by atoms with van der Waals surface area (Å²) in [5, 5.41) is 4.29. The van der Waals surface area contributed by atoms with Crippen LogP contribution in [-0.4, -0.2) is 33.3 Å². The number of aromatic nitrogens is 3. The van der Waals surface area contributed by atoms with Crippen LogP contribution in [0.5, 0.6) is 0 Å². The maximum Gasteiger partial charge on any atom is 0.310 e. The largest absolute Gasteiger partial charge is 0.463 e. The van der Waals surface area contributed by atoms with E-state index in [-0.39, 0.29) is 37.1 Å². The molecular formula is C20H22N4O3. The fourth-order valence-corrected chi connectivity index (χ4v) is 3.59. The van der Waals surface area contributed by atoms with Gasteiger partial charge in [0.15, 0.2) is 5.82 Å². The number of fused-ring (bicyclic) bond motifs is 1. The molecule has 3 atom stereocenters. The normalized spacial score (nSPS) is 22.2. The molecule has 0 radical (unpaired) electrons. The summed E-state index contributed by atoms with van der Waals surface area (Å²) >= 11 is 0. The lowest BCUT2D eigenvalue weighted by molar-refractivity contribution is -0.146. The Balaban J connectivity index is 1.38. The van der Waals surface area contributed by atoms with Gasteiger partial charge >= 0.3 is 5.97 Å². The smallest absolute Gasteiger partial charge is 0.310 e. The van der Waals surface area contributed by atoms with Crippen molar-refractivity contribution in [1.82, 2.24) is 14.6 Å². The van der Waals surface area contributed by atoms with Crippen molar-refractivity contribution in [3.8, 4) is 0 Å². The summed E-state index contributed by atoms with van der Waals surface area (Å²) in [5.41, 5.74) is 8.55. The molecule has 0 spiro atoms. The first kappa shape index (κ1) is 17.5. The molecule has 27 heavy (non-hydrogen) atoms. The second-order valence-corrected chi connectivity index (χ2v) is 6.94. The van der Waals surface area contributed by atoms with Crippen molar-refractivity contribution < 1.29 is 14.3 Å². The van der Waals surface area contributed by atoms with Crippen molar-refractivity contribution in [2.45, 2.75) is 32.0 Å². The zero-order valence-electron chi connectivity index (χ0n) is 15.1. The van der Waals surface area contributed by atoms with Crippen LogP contribution in [0.4, 0.5) is 5.82 Å². The van der Waals surface area contributed by atoms with Crippen LogP contribution in [0.25, 0.3) is 5.52 Å². The minimum atomic E-state index is -0.241. The number of esters is 1. The summed E-state index contributed by atoms with van der Waals surface area (Å²) in [6.07, 6.45) is 2.27. The van der Waals surface area contributed by atoms with E-state index in [1.165, 1.54) is 6.33 Å². The van der Waals surface area contributed by atoms with Crippen LogP contribution in [0, 0.1) is 5.92 Å². The summed E-state index contributed by atoms with van der Waals surface area (Å²) in [6.45, 7) is 2.38. The highest BCUT2D eigenvalue weighted by atomic mass is 16.6.